The lowest BCUT2D eigenvalue weighted by Crippen LogP contribution is -2.59. The quantitative estimate of drug-likeness (QED) is 0.359. The number of ether oxygens (including phenoxy) is 3. The largest absolute Gasteiger partial charge is 0.463 e. The van der Waals surface area contributed by atoms with E-state index in [0.29, 0.717) is 0 Å². The first kappa shape index (κ1) is 22.5. The first-order valence-corrected chi connectivity index (χ1v) is 8.67. The molecule has 2 amide bonds. The van der Waals surface area contributed by atoms with Gasteiger partial charge in [-0.15, -0.1) is 0 Å². The Labute approximate surface area is 158 Å². The Balaban J connectivity index is 2.96. The van der Waals surface area contributed by atoms with Gasteiger partial charge in [-0.05, 0) is 33.8 Å². The predicted molar refractivity (Wildman–Crippen MR) is 97.0 cm³/mol. The van der Waals surface area contributed by atoms with E-state index in [2.05, 4.69) is 17.2 Å². The minimum Gasteiger partial charge on any atom is -0.463 e. The average molecular weight is 384 g/mol. The second-order valence-electron chi connectivity index (χ2n) is 6.92. The SMILES string of the molecule is C=CCOC(=O)N[C@H]1CC(C(=O)OCC)=C[C@@H](O)[C@@H]1NC(=O)OC(C)(C)C. The zero-order chi connectivity index (χ0) is 20.6. The molecule has 0 aromatic heterocycles. The highest BCUT2D eigenvalue weighted by molar-refractivity contribution is 5.89. The molecule has 1 aliphatic rings. The van der Waals surface area contributed by atoms with Crippen molar-refractivity contribution in [3.8, 4) is 0 Å². The molecule has 0 aromatic carbocycles. The van der Waals surface area contributed by atoms with Gasteiger partial charge in [0.15, 0.2) is 0 Å². The van der Waals surface area contributed by atoms with E-state index in [-0.39, 0.29) is 25.2 Å². The second-order valence-corrected chi connectivity index (χ2v) is 6.92. The van der Waals surface area contributed by atoms with E-state index in [4.69, 9.17) is 14.2 Å². The smallest absolute Gasteiger partial charge is 0.408 e. The maximum absolute atomic E-state index is 12.1. The number of carbonyl (C=O) groups is 3. The summed E-state index contributed by atoms with van der Waals surface area (Å²) in [5.74, 6) is -0.599. The fraction of sp³-hybridized carbons (Fsp3) is 0.611. The molecule has 3 N–H and O–H groups in total. The zero-order valence-corrected chi connectivity index (χ0v) is 16.1. The Morgan fingerprint density at radius 2 is 1.93 bits per heavy atom. The van der Waals surface area contributed by atoms with Crippen molar-refractivity contribution in [2.45, 2.75) is 57.9 Å². The molecule has 1 aliphatic carbocycles. The molecule has 0 saturated heterocycles. The van der Waals surface area contributed by atoms with Crippen LogP contribution in [0.15, 0.2) is 24.3 Å². The highest BCUT2D eigenvalue weighted by Gasteiger charge is 2.37. The van der Waals surface area contributed by atoms with E-state index in [0.717, 1.165) is 0 Å². The Bertz CT molecular complexity index is 595. The third-order valence-electron chi connectivity index (χ3n) is 3.47. The van der Waals surface area contributed by atoms with Crippen LogP contribution in [0.1, 0.15) is 34.1 Å². The summed E-state index contributed by atoms with van der Waals surface area (Å²) in [5.41, 5.74) is -0.540. The van der Waals surface area contributed by atoms with Gasteiger partial charge in [-0.25, -0.2) is 14.4 Å². The lowest BCUT2D eigenvalue weighted by atomic mass is 9.88. The number of esters is 1. The number of aliphatic hydroxyl groups is 1. The molecule has 0 heterocycles. The van der Waals surface area contributed by atoms with Crippen LogP contribution in [-0.4, -0.2) is 60.3 Å². The molecule has 0 fully saturated rings. The second kappa shape index (κ2) is 9.96. The highest BCUT2D eigenvalue weighted by Crippen LogP contribution is 2.22. The van der Waals surface area contributed by atoms with Crippen LogP contribution in [0.25, 0.3) is 0 Å². The summed E-state index contributed by atoms with van der Waals surface area (Å²) >= 11 is 0. The van der Waals surface area contributed by atoms with E-state index in [9.17, 15) is 19.5 Å². The van der Waals surface area contributed by atoms with Crippen LogP contribution < -0.4 is 10.6 Å². The van der Waals surface area contributed by atoms with Crippen molar-refractivity contribution in [3.63, 3.8) is 0 Å². The van der Waals surface area contributed by atoms with Gasteiger partial charge in [0, 0.05) is 12.0 Å². The Morgan fingerprint density at radius 1 is 1.26 bits per heavy atom. The van der Waals surface area contributed by atoms with Crippen LogP contribution in [0, 0.1) is 0 Å². The van der Waals surface area contributed by atoms with Gasteiger partial charge < -0.3 is 30.0 Å². The van der Waals surface area contributed by atoms with Crippen molar-refractivity contribution in [1.29, 1.82) is 0 Å². The lowest BCUT2D eigenvalue weighted by Gasteiger charge is -2.35. The van der Waals surface area contributed by atoms with E-state index < -0.39 is 41.9 Å². The molecule has 0 aliphatic heterocycles. The number of amides is 2. The predicted octanol–water partition coefficient (Wildman–Crippen LogP) is 1.41. The van der Waals surface area contributed by atoms with Crippen LogP contribution in [-0.2, 0) is 19.0 Å². The van der Waals surface area contributed by atoms with Crippen molar-refractivity contribution < 1.29 is 33.7 Å². The third-order valence-corrected chi connectivity index (χ3v) is 3.47. The summed E-state index contributed by atoms with van der Waals surface area (Å²) in [6.07, 6.45) is -0.0305. The molecule has 3 atom stereocenters. The van der Waals surface area contributed by atoms with Gasteiger partial charge in [-0.1, -0.05) is 12.7 Å². The van der Waals surface area contributed by atoms with Crippen LogP contribution in [0.4, 0.5) is 9.59 Å². The van der Waals surface area contributed by atoms with Gasteiger partial charge in [0.05, 0.1) is 24.8 Å². The number of alkyl carbamates (subject to hydrolysis) is 2. The van der Waals surface area contributed by atoms with Crippen molar-refractivity contribution in [1.82, 2.24) is 10.6 Å². The first-order chi connectivity index (χ1) is 12.6. The number of hydrogen-bond donors (Lipinski definition) is 3. The van der Waals surface area contributed by atoms with Crippen LogP contribution in [0.2, 0.25) is 0 Å². The van der Waals surface area contributed by atoms with Gasteiger partial charge >= 0.3 is 18.2 Å². The molecule has 0 saturated carbocycles. The van der Waals surface area contributed by atoms with E-state index >= 15 is 0 Å². The van der Waals surface area contributed by atoms with Crippen molar-refractivity contribution in [3.05, 3.63) is 24.3 Å². The number of aliphatic hydroxyl groups excluding tert-OH is 1. The minimum atomic E-state index is -1.24. The molecule has 0 bridgehead atoms. The maximum Gasteiger partial charge on any atom is 0.408 e. The Kier molecular flexibility index (Phi) is 8.30. The van der Waals surface area contributed by atoms with Crippen LogP contribution >= 0.6 is 0 Å². The van der Waals surface area contributed by atoms with Crippen LogP contribution in [0.3, 0.4) is 0 Å². The molecule has 0 unspecified atom stereocenters. The summed E-state index contributed by atoms with van der Waals surface area (Å²) in [6, 6.07) is -1.73. The van der Waals surface area contributed by atoms with E-state index in [1.165, 1.54) is 12.2 Å². The monoisotopic (exact) mass is 384 g/mol. The fourth-order valence-corrected chi connectivity index (χ4v) is 2.45. The molecule has 1 rings (SSSR count). The zero-order valence-electron chi connectivity index (χ0n) is 16.1. The number of rotatable bonds is 6. The van der Waals surface area contributed by atoms with Crippen molar-refractivity contribution in [2.75, 3.05) is 13.2 Å². The Morgan fingerprint density at radius 3 is 2.48 bits per heavy atom. The normalized spacial score (nSPS) is 22.1. The summed E-state index contributed by atoms with van der Waals surface area (Å²) in [5, 5.41) is 15.5. The van der Waals surface area contributed by atoms with E-state index in [1.54, 1.807) is 27.7 Å². The lowest BCUT2D eigenvalue weighted by molar-refractivity contribution is -0.139. The highest BCUT2D eigenvalue weighted by atomic mass is 16.6. The molecule has 152 valence electrons. The van der Waals surface area contributed by atoms with Gasteiger partial charge in [0.25, 0.3) is 0 Å². The number of nitrogens with one attached hydrogen (secondary N) is 2. The first-order valence-electron chi connectivity index (χ1n) is 8.67. The molecule has 27 heavy (non-hydrogen) atoms. The molecule has 9 heteroatoms. The Hall–Kier alpha value is -2.55. The number of hydrogen-bond acceptors (Lipinski definition) is 7. The van der Waals surface area contributed by atoms with Gasteiger partial charge in [-0.3, -0.25) is 0 Å². The fourth-order valence-electron chi connectivity index (χ4n) is 2.45. The summed E-state index contributed by atoms with van der Waals surface area (Å²) < 4.78 is 15.0. The number of carbonyl (C=O) groups excluding carboxylic acids is 3. The maximum atomic E-state index is 12.1. The molecule has 0 spiro atoms. The van der Waals surface area contributed by atoms with Gasteiger partial charge in [0.1, 0.15) is 12.2 Å². The summed E-state index contributed by atoms with van der Waals surface area (Å²) in [4.78, 5) is 36.0. The standard InChI is InChI=1S/C18H28N2O7/c1-6-8-26-16(23)19-12-9-11(15(22)25-7-2)10-13(21)14(12)20-17(24)27-18(3,4)5/h6,10,12-14,21H,1,7-9H2,2-5H3,(H,19,23)(H,20,24)/t12-,13+,14+/m0/s1. The molecular formula is C18H28N2O7. The van der Waals surface area contributed by atoms with Crippen LogP contribution in [0.5, 0.6) is 0 Å². The molecule has 9 nitrogen and oxygen atoms in total. The summed E-state index contributed by atoms with van der Waals surface area (Å²) in [7, 11) is 0. The topological polar surface area (TPSA) is 123 Å². The van der Waals surface area contributed by atoms with Crippen molar-refractivity contribution >= 4 is 18.2 Å². The average Bonchev–Trinajstić information content (AvgIpc) is 2.54. The minimum absolute atomic E-state index is 0.00809. The third kappa shape index (κ3) is 7.69. The molecule has 0 radical (unpaired) electrons. The van der Waals surface area contributed by atoms with E-state index in [1.807, 2.05) is 0 Å². The van der Waals surface area contributed by atoms with Gasteiger partial charge in [-0.2, -0.15) is 0 Å². The summed E-state index contributed by atoms with van der Waals surface area (Å²) in [6.45, 7) is 10.4. The van der Waals surface area contributed by atoms with Gasteiger partial charge in [0.2, 0.25) is 0 Å². The van der Waals surface area contributed by atoms with Crippen molar-refractivity contribution in [2.24, 2.45) is 0 Å². The molecular weight excluding hydrogens is 356 g/mol. The molecule has 0 aromatic rings.